The van der Waals surface area contributed by atoms with E-state index in [0.29, 0.717) is 23.7 Å². The third-order valence-corrected chi connectivity index (χ3v) is 4.88. The molecule has 0 aliphatic heterocycles. The van der Waals surface area contributed by atoms with E-state index in [2.05, 4.69) is 48.1 Å². The van der Waals surface area contributed by atoms with Crippen molar-refractivity contribution < 1.29 is 4.79 Å². The fourth-order valence-corrected chi connectivity index (χ4v) is 3.00. The molecule has 1 aliphatic rings. The Morgan fingerprint density at radius 1 is 1.33 bits per heavy atom. The minimum absolute atomic E-state index is 0.143. The van der Waals surface area contributed by atoms with E-state index in [4.69, 9.17) is 0 Å². The van der Waals surface area contributed by atoms with E-state index in [1.165, 1.54) is 17.5 Å². The fraction of sp³-hybridized carbons (Fsp3) is 0.471. The summed E-state index contributed by atoms with van der Waals surface area (Å²) < 4.78 is 1.49. The van der Waals surface area contributed by atoms with Crippen molar-refractivity contribution in [2.75, 3.05) is 17.7 Å². The topological polar surface area (TPSA) is 125 Å². The van der Waals surface area contributed by atoms with Crippen LogP contribution in [0.5, 0.6) is 0 Å². The molecule has 3 aromatic rings. The lowest BCUT2D eigenvalue weighted by atomic mass is 10.2. The second-order valence-corrected chi connectivity index (χ2v) is 6.91. The zero-order valence-electron chi connectivity index (χ0n) is 15.5. The van der Waals surface area contributed by atoms with Gasteiger partial charge in [-0.15, -0.1) is 5.10 Å². The number of fused-ring (bicyclic) bond motifs is 1. The third-order valence-electron chi connectivity index (χ3n) is 4.88. The zero-order valence-corrected chi connectivity index (χ0v) is 15.5. The first-order chi connectivity index (χ1) is 13.0. The number of hydrogen-bond acceptors (Lipinski definition) is 7. The molecule has 10 heteroatoms. The van der Waals surface area contributed by atoms with Crippen LogP contribution in [-0.4, -0.2) is 48.9 Å². The molecular formula is C17H23N9O. The summed E-state index contributed by atoms with van der Waals surface area (Å²) in [7, 11) is 1.59. The Morgan fingerprint density at radius 3 is 2.89 bits per heavy atom. The van der Waals surface area contributed by atoms with Crippen LogP contribution in [0.1, 0.15) is 32.7 Å². The predicted molar refractivity (Wildman–Crippen MR) is 102 cm³/mol. The summed E-state index contributed by atoms with van der Waals surface area (Å²) in [5, 5.41) is 18.2. The Balaban J connectivity index is 1.57. The van der Waals surface area contributed by atoms with Crippen LogP contribution in [0.2, 0.25) is 0 Å². The average molecular weight is 369 g/mol. The molecule has 0 aromatic carbocycles. The van der Waals surface area contributed by atoms with Gasteiger partial charge in [0, 0.05) is 19.3 Å². The Bertz CT molecular complexity index is 958. The van der Waals surface area contributed by atoms with Gasteiger partial charge in [-0.3, -0.25) is 4.79 Å². The SMILES string of the molecule is CNC(=O)[C@@H](C)n1cc(Nc2nc(N[C@H](C)C3CC3)c3cc[nH]c3n2)nn1. The van der Waals surface area contributed by atoms with Crippen LogP contribution in [0.25, 0.3) is 11.0 Å². The highest BCUT2D eigenvalue weighted by Gasteiger charge is 2.28. The van der Waals surface area contributed by atoms with Gasteiger partial charge in [-0.05, 0) is 38.7 Å². The molecule has 0 unspecified atom stereocenters. The lowest BCUT2D eigenvalue weighted by Crippen LogP contribution is -2.28. The smallest absolute Gasteiger partial charge is 0.244 e. The minimum atomic E-state index is -0.457. The van der Waals surface area contributed by atoms with Crippen LogP contribution < -0.4 is 16.0 Å². The van der Waals surface area contributed by atoms with Gasteiger partial charge in [0.1, 0.15) is 17.5 Å². The van der Waals surface area contributed by atoms with Crippen molar-refractivity contribution >= 4 is 34.5 Å². The van der Waals surface area contributed by atoms with E-state index in [0.717, 1.165) is 16.9 Å². The second-order valence-electron chi connectivity index (χ2n) is 6.91. The van der Waals surface area contributed by atoms with Gasteiger partial charge < -0.3 is 20.9 Å². The summed E-state index contributed by atoms with van der Waals surface area (Å²) in [6, 6.07) is 1.86. The van der Waals surface area contributed by atoms with Gasteiger partial charge >= 0.3 is 0 Å². The maximum Gasteiger partial charge on any atom is 0.244 e. The molecule has 27 heavy (non-hydrogen) atoms. The van der Waals surface area contributed by atoms with Gasteiger partial charge in [0.2, 0.25) is 11.9 Å². The molecule has 1 saturated carbocycles. The lowest BCUT2D eigenvalue weighted by molar-refractivity contribution is -0.123. The van der Waals surface area contributed by atoms with Crippen molar-refractivity contribution in [1.29, 1.82) is 0 Å². The van der Waals surface area contributed by atoms with Crippen LogP contribution in [-0.2, 0) is 4.79 Å². The number of aromatic amines is 1. The first-order valence-corrected chi connectivity index (χ1v) is 9.07. The summed E-state index contributed by atoms with van der Waals surface area (Å²) in [6.07, 6.45) is 6.01. The zero-order chi connectivity index (χ0) is 19.0. The number of nitrogens with zero attached hydrogens (tertiary/aromatic N) is 5. The molecule has 0 saturated heterocycles. The van der Waals surface area contributed by atoms with Crippen LogP contribution in [0.4, 0.5) is 17.6 Å². The summed E-state index contributed by atoms with van der Waals surface area (Å²) in [6.45, 7) is 3.93. The van der Waals surface area contributed by atoms with Crippen molar-refractivity contribution in [1.82, 2.24) is 35.3 Å². The number of carbonyl (C=O) groups is 1. The summed E-state index contributed by atoms with van der Waals surface area (Å²) in [5.41, 5.74) is 0.740. The van der Waals surface area contributed by atoms with E-state index in [1.54, 1.807) is 20.2 Å². The highest BCUT2D eigenvalue weighted by Crippen LogP contribution is 2.34. The Morgan fingerprint density at radius 2 is 2.15 bits per heavy atom. The first kappa shape index (κ1) is 17.3. The third kappa shape index (κ3) is 3.55. The number of anilines is 3. The molecule has 4 N–H and O–H groups in total. The average Bonchev–Trinajstić information content (AvgIpc) is 3.24. The molecule has 0 radical (unpaired) electrons. The number of amides is 1. The van der Waals surface area contributed by atoms with E-state index in [9.17, 15) is 4.79 Å². The van der Waals surface area contributed by atoms with Crippen LogP contribution >= 0.6 is 0 Å². The number of carbonyl (C=O) groups excluding carboxylic acids is 1. The summed E-state index contributed by atoms with van der Waals surface area (Å²) in [4.78, 5) is 24.0. The molecule has 3 aromatic heterocycles. The molecular weight excluding hydrogens is 346 g/mol. The molecule has 2 atom stereocenters. The largest absolute Gasteiger partial charge is 0.367 e. The van der Waals surface area contributed by atoms with Crippen molar-refractivity contribution in [2.45, 2.75) is 38.8 Å². The van der Waals surface area contributed by atoms with Crippen LogP contribution in [0, 0.1) is 5.92 Å². The Labute approximate surface area is 156 Å². The number of H-pyrrole nitrogens is 1. The Hall–Kier alpha value is -3.17. The van der Waals surface area contributed by atoms with Gasteiger partial charge in [0.25, 0.3) is 0 Å². The number of likely N-dealkylation sites (N-methyl/N-ethyl adjacent to an activating group) is 1. The molecule has 1 aliphatic carbocycles. The number of nitrogens with one attached hydrogen (secondary N) is 4. The van der Waals surface area contributed by atoms with Gasteiger partial charge in [-0.25, -0.2) is 4.68 Å². The van der Waals surface area contributed by atoms with Crippen molar-refractivity contribution in [3.63, 3.8) is 0 Å². The van der Waals surface area contributed by atoms with Gasteiger partial charge in [-0.2, -0.15) is 9.97 Å². The van der Waals surface area contributed by atoms with Crippen LogP contribution in [0.15, 0.2) is 18.5 Å². The van der Waals surface area contributed by atoms with Crippen molar-refractivity contribution in [3.05, 3.63) is 18.5 Å². The van der Waals surface area contributed by atoms with Gasteiger partial charge in [-0.1, -0.05) is 5.21 Å². The van der Waals surface area contributed by atoms with Gasteiger partial charge in [0.15, 0.2) is 5.82 Å². The predicted octanol–water partition coefficient (Wildman–Crippen LogP) is 1.81. The lowest BCUT2D eigenvalue weighted by Gasteiger charge is -2.15. The second kappa shape index (κ2) is 6.86. The Kier molecular flexibility index (Phi) is 4.38. The molecule has 0 spiro atoms. The summed E-state index contributed by atoms with van der Waals surface area (Å²) in [5.74, 6) is 2.23. The number of hydrogen-bond donors (Lipinski definition) is 4. The monoisotopic (exact) mass is 369 g/mol. The molecule has 1 fully saturated rings. The number of aromatic nitrogens is 6. The van der Waals surface area contributed by atoms with E-state index in [1.807, 2.05) is 12.3 Å². The highest BCUT2D eigenvalue weighted by molar-refractivity contribution is 5.88. The summed E-state index contributed by atoms with van der Waals surface area (Å²) >= 11 is 0. The molecule has 1 amide bonds. The van der Waals surface area contributed by atoms with Crippen molar-refractivity contribution in [2.24, 2.45) is 5.92 Å². The molecule has 0 bridgehead atoms. The number of rotatable bonds is 7. The van der Waals surface area contributed by atoms with Crippen LogP contribution in [0.3, 0.4) is 0 Å². The van der Waals surface area contributed by atoms with E-state index < -0.39 is 6.04 Å². The fourth-order valence-electron chi connectivity index (χ4n) is 3.00. The normalized spacial score (nSPS) is 16.1. The van der Waals surface area contributed by atoms with E-state index >= 15 is 0 Å². The maximum atomic E-state index is 11.7. The minimum Gasteiger partial charge on any atom is -0.367 e. The van der Waals surface area contributed by atoms with Crippen molar-refractivity contribution in [3.8, 4) is 0 Å². The quantitative estimate of drug-likeness (QED) is 0.500. The van der Waals surface area contributed by atoms with E-state index in [-0.39, 0.29) is 5.91 Å². The molecule has 4 rings (SSSR count). The maximum absolute atomic E-state index is 11.7. The standard InChI is InChI=1S/C17H23N9O/c1-9(11-4-5-11)20-15-12-6-7-19-14(12)22-17(23-15)21-13-8-26(25-24-13)10(2)16(27)18-3/h6-11H,4-5H2,1-3H3,(H,18,27)(H3,19,20,21,22,23)/t9-,10-/m1/s1. The van der Waals surface area contributed by atoms with Gasteiger partial charge in [0.05, 0.1) is 11.6 Å². The molecule has 142 valence electrons. The first-order valence-electron chi connectivity index (χ1n) is 9.07. The molecule has 3 heterocycles. The highest BCUT2D eigenvalue weighted by atomic mass is 16.2. The molecule has 10 nitrogen and oxygen atoms in total.